The van der Waals surface area contributed by atoms with Crippen molar-refractivity contribution in [2.24, 2.45) is 5.73 Å². The minimum atomic E-state index is -0.554. The van der Waals surface area contributed by atoms with Crippen molar-refractivity contribution in [1.82, 2.24) is 0 Å². The van der Waals surface area contributed by atoms with E-state index in [1.807, 2.05) is 0 Å². The van der Waals surface area contributed by atoms with Crippen molar-refractivity contribution < 1.29 is 13.9 Å². The summed E-state index contributed by atoms with van der Waals surface area (Å²) >= 11 is 0. The number of benzene rings is 1. The van der Waals surface area contributed by atoms with E-state index in [0.717, 1.165) is 0 Å². The number of Topliss-reactive ketones (excluding diaryl/α,β-unsaturated/α-hetero) is 1. The lowest BCUT2D eigenvalue weighted by atomic mass is 10.1. The predicted molar refractivity (Wildman–Crippen MR) is 46.3 cm³/mol. The summed E-state index contributed by atoms with van der Waals surface area (Å²) in [5.41, 5.74) is 5.34. The molecule has 0 spiro atoms. The molecular formula is C9H10FNO2. The van der Waals surface area contributed by atoms with Gasteiger partial charge in [-0.3, -0.25) is 4.79 Å². The summed E-state index contributed by atoms with van der Waals surface area (Å²) in [5, 5.41) is 0. The van der Waals surface area contributed by atoms with Crippen molar-refractivity contribution in [3.8, 4) is 5.75 Å². The minimum Gasteiger partial charge on any atom is -0.493 e. The zero-order valence-electron chi connectivity index (χ0n) is 7.21. The van der Waals surface area contributed by atoms with Gasteiger partial charge in [0.15, 0.2) is 17.3 Å². The number of carbonyl (C=O) groups excluding carboxylic acids is 1. The average Bonchev–Trinajstić information content (AvgIpc) is 2.16. The fourth-order valence-electron chi connectivity index (χ4n) is 1.05. The molecule has 0 bridgehead atoms. The number of rotatable bonds is 3. The summed E-state index contributed by atoms with van der Waals surface area (Å²) in [7, 11) is 1.31. The predicted octanol–water partition coefficient (Wildman–Crippen LogP) is 0.976. The summed E-state index contributed by atoms with van der Waals surface area (Å²) in [6.07, 6.45) is 0. The Balaban J connectivity index is 3.20. The molecule has 3 nitrogen and oxygen atoms in total. The van der Waals surface area contributed by atoms with Gasteiger partial charge in [0.25, 0.3) is 0 Å². The normalized spacial score (nSPS) is 9.77. The van der Waals surface area contributed by atoms with E-state index in [1.165, 1.54) is 25.3 Å². The zero-order chi connectivity index (χ0) is 9.84. The molecule has 0 saturated heterocycles. The van der Waals surface area contributed by atoms with Crippen LogP contribution in [0, 0.1) is 5.82 Å². The molecule has 0 aliphatic rings. The van der Waals surface area contributed by atoms with E-state index >= 15 is 0 Å². The first-order valence-electron chi connectivity index (χ1n) is 3.76. The van der Waals surface area contributed by atoms with Gasteiger partial charge >= 0.3 is 0 Å². The second-order valence-electron chi connectivity index (χ2n) is 2.45. The van der Waals surface area contributed by atoms with Gasteiger partial charge in [-0.2, -0.15) is 0 Å². The maximum absolute atomic E-state index is 13.0. The first-order chi connectivity index (χ1) is 6.20. The second-order valence-corrected chi connectivity index (χ2v) is 2.45. The van der Waals surface area contributed by atoms with Crippen LogP contribution < -0.4 is 10.5 Å². The summed E-state index contributed by atoms with van der Waals surface area (Å²) in [6, 6.07) is 4.16. The molecule has 0 fully saturated rings. The number of para-hydroxylation sites is 1. The van der Waals surface area contributed by atoms with Gasteiger partial charge in [0.05, 0.1) is 19.2 Å². The average molecular weight is 183 g/mol. The Morgan fingerprint density at radius 2 is 2.31 bits per heavy atom. The van der Waals surface area contributed by atoms with Crippen LogP contribution in [0.2, 0.25) is 0 Å². The highest BCUT2D eigenvalue weighted by Gasteiger charge is 2.13. The second kappa shape index (κ2) is 4.00. The van der Waals surface area contributed by atoms with E-state index in [1.54, 1.807) is 0 Å². The smallest absolute Gasteiger partial charge is 0.180 e. The number of nitrogens with two attached hydrogens (primary N) is 1. The molecule has 0 atom stereocenters. The van der Waals surface area contributed by atoms with Gasteiger partial charge in [0, 0.05) is 0 Å². The molecule has 1 rings (SSSR count). The molecule has 13 heavy (non-hydrogen) atoms. The fourth-order valence-corrected chi connectivity index (χ4v) is 1.05. The van der Waals surface area contributed by atoms with E-state index in [-0.39, 0.29) is 23.6 Å². The molecule has 1 aromatic carbocycles. The highest BCUT2D eigenvalue weighted by molar-refractivity contribution is 6.00. The number of carbonyl (C=O) groups is 1. The third-order valence-electron chi connectivity index (χ3n) is 1.66. The number of hydrogen-bond acceptors (Lipinski definition) is 3. The first-order valence-corrected chi connectivity index (χ1v) is 3.76. The van der Waals surface area contributed by atoms with Crippen molar-refractivity contribution in [1.29, 1.82) is 0 Å². The van der Waals surface area contributed by atoms with Gasteiger partial charge in [-0.05, 0) is 12.1 Å². The van der Waals surface area contributed by atoms with Crippen LogP contribution in [0.25, 0.3) is 0 Å². The molecule has 2 N–H and O–H groups in total. The van der Waals surface area contributed by atoms with Crippen molar-refractivity contribution in [2.45, 2.75) is 0 Å². The molecule has 70 valence electrons. The molecule has 0 amide bonds. The molecule has 0 radical (unpaired) electrons. The van der Waals surface area contributed by atoms with Gasteiger partial charge in [0.1, 0.15) is 0 Å². The lowest BCUT2D eigenvalue weighted by Gasteiger charge is -2.06. The number of ether oxygens (including phenoxy) is 1. The van der Waals surface area contributed by atoms with E-state index in [2.05, 4.69) is 0 Å². The Bertz CT molecular complexity index is 325. The van der Waals surface area contributed by atoms with E-state index in [4.69, 9.17) is 10.5 Å². The Hall–Kier alpha value is -1.42. The molecule has 0 aliphatic heterocycles. The SMILES string of the molecule is COc1c(F)cccc1C(=O)CN. The lowest BCUT2D eigenvalue weighted by molar-refractivity contribution is 0.0997. The molecule has 4 heteroatoms. The highest BCUT2D eigenvalue weighted by atomic mass is 19.1. The van der Waals surface area contributed by atoms with E-state index in [0.29, 0.717) is 0 Å². The largest absolute Gasteiger partial charge is 0.493 e. The van der Waals surface area contributed by atoms with Gasteiger partial charge in [-0.1, -0.05) is 6.07 Å². The first kappa shape index (κ1) is 9.67. The molecule has 0 saturated carbocycles. The molecule has 1 aromatic rings. The summed E-state index contributed by atoms with van der Waals surface area (Å²) in [4.78, 5) is 11.2. The number of halogens is 1. The van der Waals surface area contributed by atoms with Gasteiger partial charge in [0.2, 0.25) is 0 Å². The Morgan fingerprint density at radius 1 is 1.62 bits per heavy atom. The quantitative estimate of drug-likeness (QED) is 0.710. The Morgan fingerprint density at radius 3 is 2.85 bits per heavy atom. The van der Waals surface area contributed by atoms with Crippen LogP contribution in [0.5, 0.6) is 5.75 Å². The minimum absolute atomic E-state index is 0.0436. The molecule has 0 heterocycles. The van der Waals surface area contributed by atoms with Crippen molar-refractivity contribution in [3.63, 3.8) is 0 Å². The lowest BCUT2D eigenvalue weighted by Crippen LogP contribution is -2.15. The molecule has 0 aliphatic carbocycles. The third-order valence-corrected chi connectivity index (χ3v) is 1.66. The standard InChI is InChI=1S/C9H10FNO2/c1-13-9-6(8(12)5-11)3-2-4-7(9)10/h2-4H,5,11H2,1H3. The van der Waals surface area contributed by atoms with Gasteiger partial charge in [-0.15, -0.1) is 0 Å². The molecule has 0 aromatic heterocycles. The Kier molecular flexibility index (Phi) is 2.97. The van der Waals surface area contributed by atoms with Crippen LogP contribution in [-0.4, -0.2) is 19.4 Å². The number of methoxy groups -OCH3 is 1. The summed E-state index contributed by atoms with van der Waals surface area (Å²) in [6.45, 7) is -0.153. The van der Waals surface area contributed by atoms with Gasteiger partial charge < -0.3 is 10.5 Å². The maximum atomic E-state index is 13.0. The van der Waals surface area contributed by atoms with Crippen LogP contribution in [0.15, 0.2) is 18.2 Å². The number of ketones is 1. The summed E-state index contributed by atoms with van der Waals surface area (Å²) < 4.78 is 17.8. The van der Waals surface area contributed by atoms with Crippen molar-refractivity contribution >= 4 is 5.78 Å². The van der Waals surface area contributed by atoms with Crippen LogP contribution in [-0.2, 0) is 0 Å². The van der Waals surface area contributed by atoms with Crippen molar-refractivity contribution in [3.05, 3.63) is 29.6 Å². The van der Waals surface area contributed by atoms with Crippen LogP contribution in [0.4, 0.5) is 4.39 Å². The molecular weight excluding hydrogens is 173 g/mol. The number of hydrogen-bond donors (Lipinski definition) is 1. The Labute approximate surface area is 75.3 Å². The van der Waals surface area contributed by atoms with Crippen LogP contribution >= 0.6 is 0 Å². The monoisotopic (exact) mass is 183 g/mol. The van der Waals surface area contributed by atoms with Gasteiger partial charge in [-0.25, -0.2) is 4.39 Å². The van der Waals surface area contributed by atoms with Crippen LogP contribution in [0.3, 0.4) is 0 Å². The summed E-state index contributed by atoms with van der Waals surface area (Å²) in [5.74, 6) is -0.934. The van der Waals surface area contributed by atoms with E-state index < -0.39 is 5.82 Å². The van der Waals surface area contributed by atoms with Crippen molar-refractivity contribution in [2.75, 3.05) is 13.7 Å². The molecule has 0 unspecified atom stereocenters. The topological polar surface area (TPSA) is 52.3 Å². The van der Waals surface area contributed by atoms with Crippen LogP contribution in [0.1, 0.15) is 10.4 Å². The fraction of sp³-hybridized carbons (Fsp3) is 0.222. The zero-order valence-corrected chi connectivity index (χ0v) is 7.21. The van der Waals surface area contributed by atoms with E-state index in [9.17, 15) is 9.18 Å². The highest BCUT2D eigenvalue weighted by Crippen LogP contribution is 2.21. The maximum Gasteiger partial charge on any atom is 0.180 e. The third kappa shape index (κ3) is 1.84.